The van der Waals surface area contributed by atoms with E-state index in [1.807, 2.05) is 52.0 Å². The molecule has 0 spiro atoms. The SMILES string of the molecule is CC[C@H](C)[C@@H]([C@@H](CC(=O)N1CCC[C@H]1[C@H](OC)[C@@H](C)C(=O)N[C@H](C)[C@@H](O)c1ccc(CCCCCP)cc1)OC)N(C)C(=O)[C@@H](NC(C)=O)C(C)C. The van der Waals surface area contributed by atoms with E-state index >= 15 is 0 Å². The number of aliphatic hydroxyl groups is 1. The van der Waals surface area contributed by atoms with Gasteiger partial charge in [0.05, 0.1) is 48.8 Å². The summed E-state index contributed by atoms with van der Waals surface area (Å²) >= 11 is 0. The molecule has 1 aliphatic heterocycles. The molecule has 1 aromatic carbocycles. The zero-order valence-corrected chi connectivity index (χ0v) is 34.7. The Labute approximate surface area is 315 Å². The van der Waals surface area contributed by atoms with E-state index in [1.54, 1.807) is 44.9 Å². The number of carbonyl (C=O) groups is 4. The van der Waals surface area contributed by atoms with E-state index in [9.17, 15) is 24.3 Å². The van der Waals surface area contributed by atoms with Crippen molar-refractivity contribution in [2.45, 2.75) is 142 Å². The number of methoxy groups -OCH3 is 2. The molecule has 4 amide bonds. The molecule has 0 aliphatic carbocycles. The molecule has 0 radical (unpaired) electrons. The lowest BCUT2D eigenvalue weighted by Gasteiger charge is -2.40. The van der Waals surface area contributed by atoms with Crippen LogP contribution in [0.5, 0.6) is 0 Å². The number of hydrogen-bond acceptors (Lipinski definition) is 7. The van der Waals surface area contributed by atoms with E-state index in [4.69, 9.17) is 9.47 Å². The summed E-state index contributed by atoms with van der Waals surface area (Å²) in [7, 11) is 7.61. The average Bonchev–Trinajstić information content (AvgIpc) is 3.61. The Morgan fingerprint density at radius 2 is 1.65 bits per heavy atom. The van der Waals surface area contributed by atoms with Crippen LogP contribution in [-0.2, 0) is 35.1 Å². The van der Waals surface area contributed by atoms with E-state index in [2.05, 4.69) is 19.9 Å². The fourth-order valence-electron chi connectivity index (χ4n) is 7.51. The van der Waals surface area contributed by atoms with Crippen LogP contribution < -0.4 is 10.6 Å². The van der Waals surface area contributed by atoms with Gasteiger partial charge in [0.1, 0.15) is 6.04 Å². The van der Waals surface area contributed by atoms with Gasteiger partial charge in [-0.1, -0.05) is 71.7 Å². The van der Waals surface area contributed by atoms with Crippen molar-refractivity contribution >= 4 is 32.9 Å². The number of ether oxygens (including phenoxy) is 2. The fourth-order valence-corrected chi connectivity index (χ4v) is 7.80. The molecule has 1 unspecified atom stereocenters. The van der Waals surface area contributed by atoms with Crippen molar-refractivity contribution in [2.75, 3.05) is 34.0 Å². The summed E-state index contributed by atoms with van der Waals surface area (Å²) in [5, 5.41) is 16.9. The molecule has 0 bridgehead atoms. The number of nitrogens with one attached hydrogen (secondary N) is 2. The lowest BCUT2D eigenvalue weighted by Crippen LogP contribution is -2.57. The molecule has 1 heterocycles. The first-order valence-electron chi connectivity index (χ1n) is 19.3. The van der Waals surface area contributed by atoms with Gasteiger partial charge in [-0.2, -0.15) is 0 Å². The van der Waals surface area contributed by atoms with E-state index in [0.29, 0.717) is 13.0 Å². The first-order valence-corrected chi connectivity index (χ1v) is 20.1. The fraction of sp³-hybridized carbons (Fsp3) is 0.750. The van der Waals surface area contributed by atoms with Gasteiger partial charge in [0.25, 0.3) is 0 Å². The van der Waals surface area contributed by atoms with Crippen molar-refractivity contribution in [2.24, 2.45) is 17.8 Å². The number of carbonyl (C=O) groups excluding carboxylic acids is 4. The van der Waals surface area contributed by atoms with Gasteiger partial charge < -0.3 is 35.0 Å². The van der Waals surface area contributed by atoms with Crippen LogP contribution in [0.3, 0.4) is 0 Å². The van der Waals surface area contributed by atoms with Crippen molar-refractivity contribution < 1.29 is 33.8 Å². The second-order valence-electron chi connectivity index (χ2n) is 15.1. The third kappa shape index (κ3) is 12.8. The van der Waals surface area contributed by atoms with E-state index in [1.165, 1.54) is 25.3 Å². The van der Waals surface area contributed by atoms with Crippen LogP contribution in [0.25, 0.3) is 0 Å². The second-order valence-corrected chi connectivity index (χ2v) is 15.7. The third-order valence-electron chi connectivity index (χ3n) is 10.9. The summed E-state index contributed by atoms with van der Waals surface area (Å²) in [4.78, 5) is 56.7. The number of nitrogens with zero attached hydrogens (tertiary/aromatic N) is 2. The molecule has 52 heavy (non-hydrogen) atoms. The first-order chi connectivity index (χ1) is 24.6. The maximum absolute atomic E-state index is 14.1. The van der Waals surface area contributed by atoms with E-state index in [-0.39, 0.29) is 47.9 Å². The van der Waals surface area contributed by atoms with Crippen molar-refractivity contribution in [1.29, 1.82) is 0 Å². The number of amides is 4. The smallest absolute Gasteiger partial charge is 0.245 e. The molecule has 1 fully saturated rings. The minimum Gasteiger partial charge on any atom is -0.386 e. The number of likely N-dealkylation sites (tertiary alicyclic amines) is 1. The Hall–Kier alpha value is -2.59. The summed E-state index contributed by atoms with van der Waals surface area (Å²) in [6, 6.07) is 5.97. The van der Waals surface area contributed by atoms with Crippen molar-refractivity contribution in [1.82, 2.24) is 20.4 Å². The van der Waals surface area contributed by atoms with Crippen molar-refractivity contribution in [3.8, 4) is 0 Å². The molecule has 2 rings (SSSR count). The summed E-state index contributed by atoms with van der Waals surface area (Å²) in [6.07, 6.45) is 5.86. The Balaban J connectivity index is 2.15. The molecule has 10 atom stereocenters. The molecular formula is C40H69N4O7P. The van der Waals surface area contributed by atoms with Crippen LogP contribution in [0.1, 0.15) is 111 Å². The van der Waals surface area contributed by atoms with Gasteiger partial charge in [0, 0.05) is 34.7 Å². The Bertz CT molecular complexity index is 1260. The topological polar surface area (TPSA) is 138 Å². The first kappa shape index (κ1) is 45.6. The Morgan fingerprint density at radius 1 is 1.00 bits per heavy atom. The van der Waals surface area contributed by atoms with Crippen LogP contribution in [0.2, 0.25) is 0 Å². The van der Waals surface area contributed by atoms with Crippen LogP contribution in [0, 0.1) is 17.8 Å². The normalized spacial score (nSPS) is 19.2. The monoisotopic (exact) mass is 748 g/mol. The highest BCUT2D eigenvalue weighted by atomic mass is 31.0. The highest BCUT2D eigenvalue weighted by Crippen LogP contribution is 2.30. The number of aliphatic hydroxyl groups excluding tert-OH is 1. The van der Waals surface area contributed by atoms with Crippen LogP contribution in [0.15, 0.2) is 24.3 Å². The molecule has 1 aromatic rings. The Morgan fingerprint density at radius 3 is 2.19 bits per heavy atom. The number of likely N-dealkylation sites (N-methyl/N-ethyl adjacent to an activating group) is 1. The maximum Gasteiger partial charge on any atom is 0.245 e. The summed E-state index contributed by atoms with van der Waals surface area (Å²) < 4.78 is 11.9. The summed E-state index contributed by atoms with van der Waals surface area (Å²) in [6.45, 7) is 13.4. The summed E-state index contributed by atoms with van der Waals surface area (Å²) in [5.74, 6) is -1.61. The predicted molar refractivity (Wildman–Crippen MR) is 210 cm³/mol. The predicted octanol–water partition coefficient (Wildman–Crippen LogP) is 4.89. The summed E-state index contributed by atoms with van der Waals surface area (Å²) in [5.41, 5.74) is 1.98. The van der Waals surface area contributed by atoms with Crippen molar-refractivity contribution in [3.05, 3.63) is 35.4 Å². The molecule has 1 aliphatic rings. The van der Waals surface area contributed by atoms with Crippen LogP contribution in [0.4, 0.5) is 0 Å². The van der Waals surface area contributed by atoms with Gasteiger partial charge in [-0.05, 0) is 68.2 Å². The van der Waals surface area contributed by atoms with E-state index in [0.717, 1.165) is 37.4 Å². The van der Waals surface area contributed by atoms with Gasteiger partial charge in [-0.15, -0.1) is 9.24 Å². The average molecular weight is 749 g/mol. The lowest BCUT2D eigenvalue weighted by atomic mass is 9.89. The molecule has 1 saturated heterocycles. The third-order valence-corrected chi connectivity index (χ3v) is 11.3. The van der Waals surface area contributed by atoms with Gasteiger partial charge >= 0.3 is 0 Å². The molecule has 12 heteroatoms. The minimum absolute atomic E-state index is 0.00630. The number of hydrogen-bond donors (Lipinski definition) is 3. The maximum atomic E-state index is 14.1. The van der Waals surface area contributed by atoms with Gasteiger partial charge in [0.15, 0.2) is 0 Å². The minimum atomic E-state index is -0.878. The number of unbranched alkanes of at least 4 members (excludes halogenated alkanes) is 2. The van der Waals surface area contributed by atoms with Crippen LogP contribution >= 0.6 is 9.24 Å². The molecule has 3 N–H and O–H groups in total. The Kier molecular flexibility index (Phi) is 19.8. The number of aryl methyl sites for hydroxylation is 1. The zero-order valence-electron chi connectivity index (χ0n) is 33.5. The highest BCUT2D eigenvalue weighted by molar-refractivity contribution is 7.16. The molecular weight excluding hydrogens is 679 g/mol. The number of rotatable bonds is 22. The van der Waals surface area contributed by atoms with Gasteiger partial charge in [0.2, 0.25) is 23.6 Å². The number of benzene rings is 1. The lowest BCUT2D eigenvalue weighted by molar-refractivity contribution is -0.147. The molecule has 11 nitrogen and oxygen atoms in total. The standard InChI is InChI=1S/C40H69N4O7P/c1-11-26(4)36(43(8)40(49)35(25(2)3)42-29(7)45)33(50-9)24-34(46)44-22-15-17-32(44)38(51-10)27(5)39(48)41-28(6)37(47)31-20-18-30(19-21-31)16-13-12-14-23-52/h18-21,25-28,32-33,35-38,47H,11-17,22-24,52H2,1-10H3,(H,41,48)(H,42,45)/t26-,27+,28+,32-,33+,35-,36-,37+,38+/m0/s1. The van der Waals surface area contributed by atoms with Gasteiger partial charge in [-0.25, -0.2) is 0 Å². The largest absolute Gasteiger partial charge is 0.386 e. The molecule has 0 aromatic heterocycles. The van der Waals surface area contributed by atoms with Crippen LogP contribution in [-0.4, -0.2) is 109 Å². The molecule has 296 valence electrons. The highest BCUT2D eigenvalue weighted by Gasteiger charge is 2.43. The molecule has 0 saturated carbocycles. The zero-order chi connectivity index (χ0) is 39.1. The van der Waals surface area contributed by atoms with Gasteiger partial charge in [-0.3, -0.25) is 19.2 Å². The van der Waals surface area contributed by atoms with Crippen molar-refractivity contribution in [3.63, 3.8) is 0 Å². The second kappa shape index (κ2) is 22.6. The quantitative estimate of drug-likeness (QED) is 0.113. The van der Waals surface area contributed by atoms with E-state index < -0.39 is 42.4 Å².